The van der Waals surface area contributed by atoms with Crippen LogP contribution in [-0.4, -0.2) is 19.9 Å². The van der Waals surface area contributed by atoms with Crippen LogP contribution in [0.5, 0.6) is 0 Å². The fraction of sp³-hybridized carbons (Fsp3) is 0.0435. The van der Waals surface area contributed by atoms with E-state index in [2.05, 4.69) is 32.8 Å². The van der Waals surface area contributed by atoms with Crippen molar-refractivity contribution in [1.82, 2.24) is 19.9 Å². The smallest absolute Gasteiger partial charge is 0.164 e. The Balaban J connectivity index is 1.64. The summed E-state index contributed by atoms with van der Waals surface area (Å²) in [6, 6.07) is 20.1. The van der Waals surface area contributed by atoms with Gasteiger partial charge in [-0.25, -0.2) is 9.97 Å². The first-order chi connectivity index (χ1) is 14.4. The van der Waals surface area contributed by atoms with Gasteiger partial charge in [0.1, 0.15) is 10.6 Å². The number of benzene rings is 1. The van der Waals surface area contributed by atoms with E-state index in [1.807, 2.05) is 48.5 Å². The number of hydrogen-bond acceptors (Lipinski definition) is 6. The predicted molar refractivity (Wildman–Crippen MR) is 118 cm³/mol. The highest BCUT2D eigenvalue weighted by Crippen LogP contribution is 2.38. The zero-order chi connectivity index (χ0) is 19.5. The fourth-order valence-electron chi connectivity index (χ4n) is 3.20. The first-order valence-corrected chi connectivity index (χ1v) is 10.2. The van der Waals surface area contributed by atoms with Crippen LogP contribution in [0.2, 0.25) is 0 Å². The average Bonchev–Trinajstić information content (AvgIpc) is 3.24. The molecule has 0 spiro atoms. The molecular weight excluding hydrogens is 378 g/mol. The Kier molecular flexibility index (Phi) is 4.68. The number of nitrogens with one attached hydrogen (secondary N) is 1. The summed E-state index contributed by atoms with van der Waals surface area (Å²) in [5, 5.41) is 6.66. The number of rotatable bonds is 5. The third-order valence-corrected chi connectivity index (χ3v) is 5.47. The van der Waals surface area contributed by atoms with E-state index < -0.39 is 0 Å². The number of aromatic nitrogens is 4. The Morgan fingerprint density at radius 2 is 1.69 bits per heavy atom. The molecule has 0 unspecified atom stereocenters. The molecule has 0 fully saturated rings. The molecule has 0 atom stereocenters. The third-order valence-electron chi connectivity index (χ3n) is 4.60. The normalized spacial score (nSPS) is 10.9. The van der Waals surface area contributed by atoms with E-state index in [-0.39, 0.29) is 0 Å². The van der Waals surface area contributed by atoms with Crippen molar-refractivity contribution in [3.63, 3.8) is 0 Å². The maximum Gasteiger partial charge on any atom is 0.164 e. The summed E-state index contributed by atoms with van der Waals surface area (Å²) >= 11 is 1.63. The molecule has 4 aromatic heterocycles. The van der Waals surface area contributed by atoms with Crippen molar-refractivity contribution >= 4 is 27.4 Å². The summed E-state index contributed by atoms with van der Waals surface area (Å²) in [5.41, 5.74) is 4.13. The molecule has 4 heterocycles. The minimum atomic E-state index is 0.587. The number of pyridine rings is 2. The molecule has 0 aliphatic carbocycles. The molecular formula is C23H17N5S. The van der Waals surface area contributed by atoms with Crippen molar-refractivity contribution in [3.05, 3.63) is 90.3 Å². The number of hydrogen-bond donors (Lipinski definition) is 1. The van der Waals surface area contributed by atoms with Gasteiger partial charge in [0.2, 0.25) is 0 Å². The fourth-order valence-corrected chi connectivity index (χ4v) is 4.15. The monoisotopic (exact) mass is 395 g/mol. The zero-order valence-corrected chi connectivity index (χ0v) is 16.3. The molecule has 6 heteroatoms. The van der Waals surface area contributed by atoms with E-state index in [0.29, 0.717) is 12.4 Å². The van der Waals surface area contributed by atoms with Crippen molar-refractivity contribution < 1.29 is 0 Å². The van der Waals surface area contributed by atoms with E-state index in [9.17, 15) is 0 Å². The quantitative estimate of drug-likeness (QED) is 0.430. The molecule has 0 bridgehead atoms. The van der Waals surface area contributed by atoms with Gasteiger partial charge in [-0.05, 0) is 29.8 Å². The van der Waals surface area contributed by atoms with Crippen molar-refractivity contribution in [2.45, 2.75) is 6.54 Å². The van der Waals surface area contributed by atoms with Gasteiger partial charge in [-0.15, -0.1) is 11.3 Å². The first kappa shape index (κ1) is 17.5. The molecule has 29 heavy (non-hydrogen) atoms. The van der Waals surface area contributed by atoms with E-state index in [1.54, 1.807) is 29.9 Å². The maximum atomic E-state index is 4.86. The van der Waals surface area contributed by atoms with E-state index >= 15 is 0 Å². The molecule has 5 rings (SSSR count). The summed E-state index contributed by atoms with van der Waals surface area (Å²) in [5.74, 6) is 1.47. The Morgan fingerprint density at radius 3 is 2.48 bits per heavy atom. The van der Waals surface area contributed by atoms with Crippen molar-refractivity contribution in [1.29, 1.82) is 0 Å². The van der Waals surface area contributed by atoms with E-state index in [1.165, 1.54) is 0 Å². The molecule has 0 amide bonds. The molecule has 0 saturated heterocycles. The molecule has 0 radical (unpaired) electrons. The molecule has 140 valence electrons. The minimum absolute atomic E-state index is 0.587. The SMILES string of the molecule is c1ccc(-c2csc3nc(-c4cccnc4)nc(NCc4ccccn4)c23)cc1. The maximum absolute atomic E-state index is 4.86. The second kappa shape index (κ2) is 7.77. The standard InChI is InChI=1S/C23H17N5S/c1-2-7-16(8-3-1)19-15-29-23-20(19)22(26-14-18-10-4-5-12-25-18)27-21(28-23)17-9-6-11-24-13-17/h1-13,15H,14H2,(H,26,27,28). The van der Waals surface area contributed by atoms with Gasteiger partial charge in [-0.2, -0.15) is 0 Å². The molecule has 1 aromatic carbocycles. The Bertz CT molecular complexity index is 1240. The van der Waals surface area contributed by atoms with Crippen LogP contribution < -0.4 is 5.32 Å². The van der Waals surface area contributed by atoms with Crippen LogP contribution in [0, 0.1) is 0 Å². The second-order valence-corrected chi connectivity index (χ2v) is 7.37. The highest BCUT2D eigenvalue weighted by molar-refractivity contribution is 7.17. The minimum Gasteiger partial charge on any atom is -0.364 e. The summed E-state index contributed by atoms with van der Waals surface area (Å²) < 4.78 is 0. The number of thiophene rings is 1. The number of anilines is 1. The highest BCUT2D eigenvalue weighted by atomic mass is 32.1. The van der Waals surface area contributed by atoms with Gasteiger partial charge in [0.05, 0.1) is 17.6 Å². The van der Waals surface area contributed by atoms with Gasteiger partial charge in [0.25, 0.3) is 0 Å². The van der Waals surface area contributed by atoms with E-state index in [0.717, 1.165) is 38.4 Å². The molecule has 0 aliphatic heterocycles. The van der Waals surface area contributed by atoms with Crippen molar-refractivity contribution in [2.24, 2.45) is 0 Å². The second-order valence-electron chi connectivity index (χ2n) is 6.51. The van der Waals surface area contributed by atoms with Crippen molar-refractivity contribution in [2.75, 3.05) is 5.32 Å². The lowest BCUT2D eigenvalue weighted by Crippen LogP contribution is -2.05. The number of fused-ring (bicyclic) bond motifs is 1. The van der Waals surface area contributed by atoms with Crippen LogP contribution in [0.3, 0.4) is 0 Å². The van der Waals surface area contributed by atoms with Gasteiger partial charge in [-0.1, -0.05) is 36.4 Å². The van der Waals surface area contributed by atoms with Gasteiger partial charge >= 0.3 is 0 Å². The summed E-state index contributed by atoms with van der Waals surface area (Å²) in [7, 11) is 0. The first-order valence-electron chi connectivity index (χ1n) is 9.27. The van der Waals surface area contributed by atoms with Crippen LogP contribution in [0.4, 0.5) is 5.82 Å². The summed E-state index contributed by atoms with van der Waals surface area (Å²) in [4.78, 5) is 19.2. The summed E-state index contributed by atoms with van der Waals surface area (Å²) in [6.07, 6.45) is 5.34. The average molecular weight is 395 g/mol. The highest BCUT2D eigenvalue weighted by Gasteiger charge is 2.16. The van der Waals surface area contributed by atoms with Gasteiger partial charge in [-0.3, -0.25) is 9.97 Å². The van der Waals surface area contributed by atoms with Crippen LogP contribution in [0.1, 0.15) is 5.69 Å². The Morgan fingerprint density at radius 1 is 0.828 bits per heavy atom. The molecule has 0 saturated carbocycles. The van der Waals surface area contributed by atoms with Gasteiger partial charge < -0.3 is 5.32 Å². The molecule has 5 nitrogen and oxygen atoms in total. The largest absolute Gasteiger partial charge is 0.364 e. The zero-order valence-electron chi connectivity index (χ0n) is 15.5. The summed E-state index contributed by atoms with van der Waals surface area (Å²) in [6.45, 7) is 0.587. The molecule has 1 N–H and O–H groups in total. The van der Waals surface area contributed by atoms with Gasteiger partial charge in [0, 0.05) is 35.1 Å². The van der Waals surface area contributed by atoms with Crippen molar-refractivity contribution in [3.8, 4) is 22.5 Å². The van der Waals surface area contributed by atoms with Crippen LogP contribution in [0.25, 0.3) is 32.7 Å². The topological polar surface area (TPSA) is 63.6 Å². The van der Waals surface area contributed by atoms with E-state index in [4.69, 9.17) is 9.97 Å². The van der Waals surface area contributed by atoms with Gasteiger partial charge in [0.15, 0.2) is 5.82 Å². The Labute approximate surface area is 172 Å². The molecule has 0 aliphatic rings. The van der Waals surface area contributed by atoms with Crippen LogP contribution in [-0.2, 0) is 6.54 Å². The van der Waals surface area contributed by atoms with Crippen LogP contribution >= 0.6 is 11.3 Å². The number of nitrogens with zero attached hydrogens (tertiary/aromatic N) is 4. The Hall–Kier alpha value is -3.64. The molecule has 5 aromatic rings. The third kappa shape index (κ3) is 3.58. The lowest BCUT2D eigenvalue weighted by molar-refractivity contribution is 1.03. The lowest BCUT2D eigenvalue weighted by Gasteiger charge is -2.10. The lowest BCUT2D eigenvalue weighted by atomic mass is 10.1. The predicted octanol–water partition coefficient (Wildman–Crippen LogP) is 5.43. The van der Waals surface area contributed by atoms with Crippen LogP contribution in [0.15, 0.2) is 84.6 Å².